The molecule has 1 N–H and O–H groups in total. The lowest BCUT2D eigenvalue weighted by Crippen LogP contribution is -2.19. The largest absolute Gasteiger partial charge is 0.393 e. The summed E-state index contributed by atoms with van der Waals surface area (Å²) in [5.74, 6) is 0.298. The first-order valence-corrected chi connectivity index (χ1v) is 6.92. The van der Waals surface area contributed by atoms with Crippen LogP contribution in [-0.4, -0.2) is 21.0 Å². The maximum Gasteiger partial charge on any atom is 0.0628 e. The minimum Gasteiger partial charge on any atom is -0.393 e. The molecule has 0 aromatic carbocycles. The van der Waals surface area contributed by atoms with E-state index in [1.807, 2.05) is 6.92 Å². The third-order valence-electron chi connectivity index (χ3n) is 3.97. The summed E-state index contributed by atoms with van der Waals surface area (Å²) in [5, 5.41) is 14.4. The van der Waals surface area contributed by atoms with Crippen LogP contribution in [0.25, 0.3) is 0 Å². The van der Waals surface area contributed by atoms with E-state index in [1.165, 1.54) is 25.7 Å². The Morgan fingerprint density at radius 1 is 1.47 bits per heavy atom. The summed E-state index contributed by atoms with van der Waals surface area (Å²) in [4.78, 5) is 0. The Balaban J connectivity index is 1.93. The van der Waals surface area contributed by atoms with Crippen LogP contribution in [0.4, 0.5) is 0 Å². The number of hydrogen-bond acceptors (Lipinski definition) is 2. The van der Waals surface area contributed by atoms with E-state index in [1.54, 1.807) is 0 Å². The Kier molecular flexibility index (Phi) is 4.21. The van der Waals surface area contributed by atoms with Crippen LogP contribution in [0.1, 0.15) is 57.7 Å². The zero-order chi connectivity index (χ0) is 12.3. The summed E-state index contributed by atoms with van der Waals surface area (Å²) >= 11 is 0. The molecule has 2 atom stereocenters. The van der Waals surface area contributed by atoms with E-state index >= 15 is 0 Å². The first-order valence-electron chi connectivity index (χ1n) is 6.92. The van der Waals surface area contributed by atoms with Gasteiger partial charge in [0.1, 0.15) is 0 Å². The van der Waals surface area contributed by atoms with Crippen molar-refractivity contribution in [2.45, 2.75) is 64.5 Å². The molecule has 1 heterocycles. The monoisotopic (exact) mass is 236 g/mol. The summed E-state index contributed by atoms with van der Waals surface area (Å²) in [7, 11) is 0. The highest BCUT2D eigenvalue weighted by Crippen LogP contribution is 2.28. The number of rotatable bonds is 5. The molecular weight excluding hydrogens is 212 g/mol. The van der Waals surface area contributed by atoms with E-state index in [-0.39, 0.29) is 6.10 Å². The van der Waals surface area contributed by atoms with Gasteiger partial charge in [0, 0.05) is 6.20 Å². The summed E-state index contributed by atoms with van der Waals surface area (Å²) in [6, 6.07) is 2.73. The maximum absolute atomic E-state index is 9.77. The van der Waals surface area contributed by atoms with Crippen LogP contribution in [0.5, 0.6) is 0 Å². The van der Waals surface area contributed by atoms with E-state index in [4.69, 9.17) is 0 Å². The van der Waals surface area contributed by atoms with Crippen molar-refractivity contribution in [1.82, 2.24) is 9.78 Å². The molecule has 17 heavy (non-hydrogen) atoms. The van der Waals surface area contributed by atoms with Gasteiger partial charge in [-0.25, -0.2) is 0 Å². The second-order valence-electron chi connectivity index (χ2n) is 5.38. The molecule has 1 aliphatic rings. The summed E-state index contributed by atoms with van der Waals surface area (Å²) in [5.41, 5.74) is 1.12. The van der Waals surface area contributed by atoms with Crippen molar-refractivity contribution in [3.8, 4) is 0 Å². The SMILES string of the molecule is CCC(O)C(C)Cc1ccn(C2CCCC2)n1. The topological polar surface area (TPSA) is 38.0 Å². The van der Waals surface area contributed by atoms with Gasteiger partial charge in [0.25, 0.3) is 0 Å². The predicted octanol–water partition coefficient (Wildman–Crippen LogP) is 2.95. The quantitative estimate of drug-likeness (QED) is 0.853. The average Bonchev–Trinajstić information content (AvgIpc) is 2.97. The smallest absolute Gasteiger partial charge is 0.0628 e. The summed E-state index contributed by atoms with van der Waals surface area (Å²) in [6.45, 7) is 4.13. The highest BCUT2D eigenvalue weighted by Gasteiger charge is 2.19. The second-order valence-corrected chi connectivity index (χ2v) is 5.38. The normalized spacial score (nSPS) is 20.6. The molecule has 3 nitrogen and oxygen atoms in total. The van der Waals surface area contributed by atoms with Crippen molar-refractivity contribution in [2.75, 3.05) is 0 Å². The van der Waals surface area contributed by atoms with Crippen LogP contribution in [0, 0.1) is 5.92 Å². The maximum atomic E-state index is 9.77. The highest BCUT2D eigenvalue weighted by atomic mass is 16.3. The van der Waals surface area contributed by atoms with E-state index in [0.29, 0.717) is 12.0 Å². The first kappa shape index (κ1) is 12.6. The Labute approximate surface area is 104 Å². The molecule has 1 saturated carbocycles. The van der Waals surface area contributed by atoms with Crippen LogP contribution in [-0.2, 0) is 6.42 Å². The van der Waals surface area contributed by atoms with E-state index in [0.717, 1.165) is 18.5 Å². The van der Waals surface area contributed by atoms with Gasteiger partial charge < -0.3 is 5.11 Å². The molecule has 1 fully saturated rings. The van der Waals surface area contributed by atoms with Gasteiger partial charge in [-0.05, 0) is 37.7 Å². The molecule has 0 spiro atoms. The van der Waals surface area contributed by atoms with Crippen LogP contribution < -0.4 is 0 Å². The fraction of sp³-hybridized carbons (Fsp3) is 0.786. The molecule has 0 bridgehead atoms. The lowest BCUT2D eigenvalue weighted by molar-refractivity contribution is 0.112. The lowest BCUT2D eigenvalue weighted by Gasteiger charge is -2.15. The fourth-order valence-electron chi connectivity index (χ4n) is 2.73. The van der Waals surface area contributed by atoms with E-state index in [2.05, 4.69) is 29.0 Å². The van der Waals surface area contributed by atoms with Crippen molar-refractivity contribution in [3.05, 3.63) is 18.0 Å². The number of aromatic nitrogens is 2. The van der Waals surface area contributed by atoms with Crippen LogP contribution in [0.3, 0.4) is 0 Å². The van der Waals surface area contributed by atoms with Crippen molar-refractivity contribution in [1.29, 1.82) is 0 Å². The van der Waals surface area contributed by atoms with Gasteiger partial charge in [-0.3, -0.25) is 4.68 Å². The Morgan fingerprint density at radius 3 is 2.82 bits per heavy atom. The zero-order valence-electron chi connectivity index (χ0n) is 11.0. The van der Waals surface area contributed by atoms with Gasteiger partial charge in [-0.2, -0.15) is 5.10 Å². The molecule has 0 saturated heterocycles. The number of hydrogen-bond donors (Lipinski definition) is 1. The number of nitrogens with zero attached hydrogens (tertiary/aromatic N) is 2. The lowest BCUT2D eigenvalue weighted by atomic mass is 9.97. The molecule has 2 rings (SSSR count). The van der Waals surface area contributed by atoms with Gasteiger partial charge in [0.2, 0.25) is 0 Å². The standard InChI is InChI=1S/C14H24N2O/c1-3-14(17)11(2)10-12-8-9-16(15-12)13-6-4-5-7-13/h8-9,11,13-14,17H,3-7,10H2,1-2H3. The minimum atomic E-state index is -0.202. The predicted molar refractivity (Wildman–Crippen MR) is 68.9 cm³/mol. The van der Waals surface area contributed by atoms with Gasteiger partial charge >= 0.3 is 0 Å². The van der Waals surface area contributed by atoms with E-state index in [9.17, 15) is 5.11 Å². The van der Waals surface area contributed by atoms with E-state index < -0.39 is 0 Å². The molecule has 1 aliphatic carbocycles. The van der Waals surface area contributed by atoms with Gasteiger partial charge in [-0.15, -0.1) is 0 Å². The van der Waals surface area contributed by atoms with Gasteiger partial charge in [-0.1, -0.05) is 26.7 Å². The van der Waals surface area contributed by atoms with Crippen molar-refractivity contribution in [2.24, 2.45) is 5.92 Å². The third-order valence-corrected chi connectivity index (χ3v) is 3.97. The summed E-state index contributed by atoms with van der Waals surface area (Å²) in [6.07, 6.45) is 8.83. The van der Waals surface area contributed by atoms with Gasteiger partial charge in [0.05, 0.1) is 17.8 Å². The van der Waals surface area contributed by atoms with Crippen molar-refractivity contribution >= 4 is 0 Å². The highest BCUT2D eigenvalue weighted by molar-refractivity contribution is 5.01. The molecule has 0 aliphatic heterocycles. The Bertz CT molecular complexity index is 342. The molecule has 1 aromatic rings. The number of aliphatic hydroxyl groups excluding tert-OH is 1. The molecule has 3 heteroatoms. The molecule has 1 aromatic heterocycles. The van der Waals surface area contributed by atoms with Crippen molar-refractivity contribution in [3.63, 3.8) is 0 Å². The van der Waals surface area contributed by atoms with Crippen LogP contribution in [0.15, 0.2) is 12.3 Å². The Hall–Kier alpha value is -0.830. The van der Waals surface area contributed by atoms with Gasteiger partial charge in [0.15, 0.2) is 0 Å². The average molecular weight is 236 g/mol. The summed E-state index contributed by atoms with van der Waals surface area (Å²) < 4.78 is 2.13. The van der Waals surface area contributed by atoms with Crippen molar-refractivity contribution < 1.29 is 5.11 Å². The molecule has 96 valence electrons. The molecular formula is C14H24N2O. The first-order chi connectivity index (χ1) is 8.20. The minimum absolute atomic E-state index is 0.202. The Morgan fingerprint density at radius 2 is 2.18 bits per heavy atom. The molecule has 0 amide bonds. The van der Waals surface area contributed by atoms with Crippen LogP contribution >= 0.6 is 0 Å². The third kappa shape index (κ3) is 3.09. The zero-order valence-corrected chi connectivity index (χ0v) is 11.0. The number of aliphatic hydroxyl groups is 1. The fourth-order valence-corrected chi connectivity index (χ4v) is 2.73. The van der Waals surface area contributed by atoms with Crippen LogP contribution in [0.2, 0.25) is 0 Å². The molecule has 2 unspecified atom stereocenters. The second kappa shape index (κ2) is 5.67. The molecule has 0 radical (unpaired) electrons.